The van der Waals surface area contributed by atoms with Crippen LogP contribution in [0.5, 0.6) is 0 Å². The molecular formula is C16H30O3. The minimum Gasteiger partial charge on any atom is -0.481 e. The van der Waals surface area contributed by atoms with E-state index in [4.69, 9.17) is 4.74 Å². The molecule has 0 bridgehead atoms. The van der Waals surface area contributed by atoms with E-state index >= 15 is 0 Å². The van der Waals surface area contributed by atoms with E-state index in [2.05, 4.69) is 6.92 Å². The molecule has 0 spiro atoms. The summed E-state index contributed by atoms with van der Waals surface area (Å²) in [6.07, 6.45) is 12.3. The van der Waals surface area contributed by atoms with Gasteiger partial charge in [-0.2, -0.15) is 0 Å². The first-order valence-corrected chi connectivity index (χ1v) is 8.10. The van der Waals surface area contributed by atoms with E-state index in [1.807, 2.05) is 0 Å². The first-order valence-electron chi connectivity index (χ1n) is 8.10. The smallest absolute Gasteiger partial charge is 0.309 e. The fourth-order valence-electron chi connectivity index (χ4n) is 2.87. The number of carboxylic acid groups (broad SMARTS) is 1. The second-order valence-corrected chi connectivity index (χ2v) is 5.76. The summed E-state index contributed by atoms with van der Waals surface area (Å²) in [5, 5.41) is 9.32. The summed E-state index contributed by atoms with van der Waals surface area (Å²) in [5.41, 5.74) is 0. The number of unbranched alkanes of at least 4 members (excludes halogenated alkanes) is 4. The van der Waals surface area contributed by atoms with E-state index in [0.717, 1.165) is 38.7 Å². The quantitative estimate of drug-likeness (QED) is 0.665. The van der Waals surface area contributed by atoms with Crippen LogP contribution in [0.1, 0.15) is 77.6 Å². The standard InChI is InChI=1S/C16H30O3/c1-2-3-4-7-10-13-19-15-12-9-6-5-8-11-14(15)16(17)18/h14-15H,2-13H2,1H3,(H,17,18). The summed E-state index contributed by atoms with van der Waals surface area (Å²) in [6.45, 7) is 2.95. The maximum absolute atomic E-state index is 11.3. The molecule has 0 amide bonds. The molecule has 1 rings (SSSR count). The first-order chi connectivity index (χ1) is 9.25. The molecule has 0 aliphatic heterocycles. The van der Waals surface area contributed by atoms with Gasteiger partial charge in [-0.25, -0.2) is 0 Å². The Morgan fingerprint density at radius 2 is 1.74 bits per heavy atom. The number of hydrogen-bond donors (Lipinski definition) is 1. The van der Waals surface area contributed by atoms with Crippen molar-refractivity contribution in [3.05, 3.63) is 0 Å². The topological polar surface area (TPSA) is 46.5 Å². The Kier molecular flexibility index (Phi) is 8.89. The van der Waals surface area contributed by atoms with Gasteiger partial charge in [0.25, 0.3) is 0 Å². The zero-order chi connectivity index (χ0) is 13.9. The van der Waals surface area contributed by atoms with Crippen molar-refractivity contribution in [3.63, 3.8) is 0 Å². The van der Waals surface area contributed by atoms with Gasteiger partial charge < -0.3 is 9.84 Å². The molecule has 0 aromatic carbocycles. The average Bonchev–Trinajstić information content (AvgIpc) is 2.35. The molecule has 0 radical (unpaired) electrons. The van der Waals surface area contributed by atoms with Gasteiger partial charge in [0.15, 0.2) is 0 Å². The van der Waals surface area contributed by atoms with Crippen LogP contribution in [-0.2, 0) is 9.53 Å². The second-order valence-electron chi connectivity index (χ2n) is 5.76. The van der Waals surface area contributed by atoms with Crippen LogP contribution in [0.4, 0.5) is 0 Å². The summed E-state index contributed by atoms with van der Waals surface area (Å²) < 4.78 is 5.89. The van der Waals surface area contributed by atoms with Crippen LogP contribution in [0.3, 0.4) is 0 Å². The third-order valence-corrected chi connectivity index (χ3v) is 4.10. The molecule has 1 saturated carbocycles. The number of carboxylic acids is 1. The molecular weight excluding hydrogens is 240 g/mol. The van der Waals surface area contributed by atoms with Crippen LogP contribution in [-0.4, -0.2) is 23.8 Å². The van der Waals surface area contributed by atoms with Crippen molar-refractivity contribution in [2.24, 2.45) is 5.92 Å². The van der Waals surface area contributed by atoms with Gasteiger partial charge in [-0.3, -0.25) is 4.79 Å². The van der Waals surface area contributed by atoms with Crippen LogP contribution in [0, 0.1) is 5.92 Å². The normalized spacial score (nSPS) is 24.7. The molecule has 3 nitrogen and oxygen atoms in total. The Labute approximate surface area is 117 Å². The van der Waals surface area contributed by atoms with E-state index in [9.17, 15) is 9.90 Å². The minimum absolute atomic E-state index is 0.0519. The molecule has 3 heteroatoms. The third-order valence-electron chi connectivity index (χ3n) is 4.10. The molecule has 2 atom stereocenters. The van der Waals surface area contributed by atoms with Crippen LogP contribution in [0.25, 0.3) is 0 Å². The largest absolute Gasteiger partial charge is 0.481 e. The number of aliphatic carboxylic acids is 1. The van der Waals surface area contributed by atoms with E-state index < -0.39 is 5.97 Å². The maximum Gasteiger partial charge on any atom is 0.309 e. The van der Waals surface area contributed by atoms with E-state index in [0.29, 0.717) is 0 Å². The molecule has 1 aliphatic rings. The summed E-state index contributed by atoms with van der Waals surface area (Å²) in [4.78, 5) is 11.3. The highest BCUT2D eigenvalue weighted by Crippen LogP contribution is 2.25. The molecule has 0 aromatic heterocycles. The summed E-state index contributed by atoms with van der Waals surface area (Å²) >= 11 is 0. The lowest BCUT2D eigenvalue weighted by Gasteiger charge is -2.26. The van der Waals surface area contributed by atoms with Gasteiger partial charge in [-0.15, -0.1) is 0 Å². The highest BCUT2D eigenvalue weighted by molar-refractivity contribution is 5.70. The van der Waals surface area contributed by atoms with E-state index in [1.54, 1.807) is 0 Å². The predicted octanol–water partition coefficient (Wildman–Crippen LogP) is 4.40. The first kappa shape index (κ1) is 16.5. The zero-order valence-corrected chi connectivity index (χ0v) is 12.4. The maximum atomic E-state index is 11.3. The fourth-order valence-corrected chi connectivity index (χ4v) is 2.87. The van der Waals surface area contributed by atoms with Gasteiger partial charge in [-0.1, -0.05) is 58.3 Å². The van der Waals surface area contributed by atoms with Crippen molar-refractivity contribution in [3.8, 4) is 0 Å². The van der Waals surface area contributed by atoms with Crippen LogP contribution in [0.15, 0.2) is 0 Å². The van der Waals surface area contributed by atoms with Crippen molar-refractivity contribution in [1.82, 2.24) is 0 Å². The Morgan fingerprint density at radius 3 is 2.42 bits per heavy atom. The van der Waals surface area contributed by atoms with Crippen LogP contribution >= 0.6 is 0 Å². The van der Waals surface area contributed by atoms with E-state index in [-0.39, 0.29) is 12.0 Å². The van der Waals surface area contributed by atoms with E-state index in [1.165, 1.54) is 38.5 Å². The molecule has 19 heavy (non-hydrogen) atoms. The highest BCUT2D eigenvalue weighted by Gasteiger charge is 2.29. The summed E-state index contributed by atoms with van der Waals surface area (Å²) in [5.74, 6) is -0.950. The highest BCUT2D eigenvalue weighted by atomic mass is 16.5. The molecule has 0 saturated heterocycles. The van der Waals surface area contributed by atoms with Gasteiger partial charge in [0.2, 0.25) is 0 Å². The summed E-state index contributed by atoms with van der Waals surface area (Å²) in [6, 6.07) is 0. The molecule has 1 N–H and O–H groups in total. The number of rotatable bonds is 8. The molecule has 0 aromatic rings. The lowest BCUT2D eigenvalue weighted by atomic mass is 9.88. The lowest BCUT2D eigenvalue weighted by molar-refractivity contribution is -0.148. The molecule has 1 fully saturated rings. The predicted molar refractivity (Wildman–Crippen MR) is 77.3 cm³/mol. The van der Waals surface area contributed by atoms with Gasteiger partial charge >= 0.3 is 5.97 Å². The monoisotopic (exact) mass is 270 g/mol. The van der Waals surface area contributed by atoms with Gasteiger partial charge in [0, 0.05) is 6.61 Å². The number of ether oxygens (including phenoxy) is 1. The Hall–Kier alpha value is -0.570. The zero-order valence-electron chi connectivity index (χ0n) is 12.4. The number of hydrogen-bond acceptors (Lipinski definition) is 2. The molecule has 0 heterocycles. The Bertz CT molecular complexity index is 240. The second kappa shape index (κ2) is 10.2. The Morgan fingerprint density at radius 1 is 1.05 bits per heavy atom. The van der Waals surface area contributed by atoms with Gasteiger partial charge in [0.05, 0.1) is 12.0 Å². The van der Waals surface area contributed by atoms with Crippen molar-refractivity contribution >= 4 is 5.97 Å². The Balaban J connectivity index is 2.27. The third kappa shape index (κ3) is 6.95. The fraction of sp³-hybridized carbons (Fsp3) is 0.938. The molecule has 1 aliphatic carbocycles. The van der Waals surface area contributed by atoms with Crippen LogP contribution in [0.2, 0.25) is 0 Å². The minimum atomic E-state index is -0.669. The SMILES string of the molecule is CCCCCCCOC1CCCCCCC1C(=O)O. The van der Waals surface area contributed by atoms with Crippen molar-refractivity contribution < 1.29 is 14.6 Å². The lowest BCUT2D eigenvalue weighted by Crippen LogP contribution is -2.32. The van der Waals surface area contributed by atoms with Crippen molar-refractivity contribution in [2.45, 2.75) is 83.7 Å². The van der Waals surface area contributed by atoms with Crippen LogP contribution < -0.4 is 0 Å². The van der Waals surface area contributed by atoms with Crippen molar-refractivity contribution in [2.75, 3.05) is 6.61 Å². The number of carbonyl (C=O) groups is 1. The van der Waals surface area contributed by atoms with Gasteiger partial charge in [0.1, 0.15) is 0 Å². The molecule has 112 valence electrons. The van der Waals surface area contributed by atoms with Crippen molar-refractivity contribution in [1.29, 1.82) is 0 Å². The average molecular weight is 270 g/mol. The molecule has 2 unspecified atom stereocenters. The summed E-state index contributed by atoms with van der Waals surface area (Å²) in [7, 11) is 0. The van der Waals surface area contributed by atoms with Gasteiger partial charge in [-0.05, 0) is 19.3 Å².